The van der Waals surface area contributed by atoms with Gasteiger partial charge in [-0.05, 0) is 16.7 Å². The Balaban J connectivity index is 1.35. The third-order valence-electron chi connectivity index (χ3n) is 6.09. The number of esters is 1. The van der Waals surface area contributed by atoms with Crippen LogP contribution in [0.2, 0.25) is 0 Å². The van der Waals surface area contributed by atoms with Gasteiger partial charge >= 0.3 is 5.97 Å². The number of nitrogens with two attached hydrogens (primary N) is 1. The molecule has 0 aliphatic carbocycles. The fraction of sp³-hybridized carbons (Fsp3) is 0.185. The Bertz CT molecular complexity index is 1330. The summed E-state index contributed by atoms with van der Waals surface area (Å²) in [6.45, 7) is 3.83. The smallest absolute Gasteiger partial charge is 0.356 e. The molecule has 2 atom stereocenters. The van der Waals surface area contributed by atoms with Gasteiger partial charge in [-0.3, -0.25) is 14.5 Å². The second-order valence-corrected chi connectivity index (χ2v) is 10.5. The van der Waals surface area contributed by atoms with Crippen LogP contribution < -0.4 is 11.1 Å². The van der Waals surface area contributed by atoms with Gasteiger partial charge in [0.15, 0.2) is 11.2 Å². The predicted molar refractivity (Wildman–Crippen MR) is 143 cm³/mol. The van der Waals surface area contributed by atoms with Gasteiger partial charge in [-0.15, -0.1) is 23.1 Å². The molecule has 1 saturated heterocycles. The standard InChI is InChI=1S/C27H24N4O4S2/c1-2-16-14-36-25-21(30-20(32)13-19-15-37-27(28)29-19)24(33)31(25)22(16)26(34)35-23(17-9-5-3-6-10-17)18-11-7-4-8-12-18/h2-12,15,21,23,25H,1,13-14H2,(H2,28,29)(H,30,32)/t21?,25-/m0/s1. The third kappa shape index (κ3) is 5.03. The number of allylic oxidation sites excluding steroid dienone is 1. The van der Waals surface area contributed by atoms with E-state index in [1.54, 1.807) is 11.5 Å². The van der Waals surface area contributed by atoms with Crippen molar-refractivity contribution in [3.63, 3.8) is 0 Å². The number of thiazole rings is 1. The van der Waals surface area contributed by atoms with Gasteiger partial charge in [0.25, 0.3) is 5.91 Å². The number of benzene rings is 2. The Morgan fingerprint density at radius 1 is 1.16 bits per heavy atom. The lowest BCUT2D eigenvalue weighted by Crippen LogP contribution is -2.70. The molecule has 0 radical (unpaired) electrons. The summed E-state index contributed by atoms with van der Waals surface area (Å²) in [5, 5.41) is 4.45. The zero-order valence-corrected chi connectivity index (χ0v) is 21.3. The molecular weight excluding hydrogens is 508 g/mol. The molecule has 3 N–H and O–H groups in total. The van der Waals surface area contributed by atoms with Crippen LogP contribution >= 0.6 is 23.1 Å². The molecule has 1 fully saturated rings. The second kappa shape index (κ2) is 10.6. The maximum absolute atomic E-state index is 13.6. The first-order chi connectivity index (χ1) is 18.0. The van der Waals surface area contributed by atoms with Gasteiger partial charge in [0.1, 0.15) is 17.1 Å². The van der Waals surface area contributed by atoms with E-state index in [-0.39, 0.29) is 23.9 Å². The minimum absolute atomic E-state index is 0.0212. The summed E-state index contributed by atoms with van der Waals surface area (Å²) in [7, 11) is 0. The second-order valence-electron chi connectivity index (χ2n) is 8.49. The van der Waals surface area contributed by atoms with Crippen LogP contribution in [0.5, 0.6) is 0 Å². The topological polar surface area (TPSA) is 115 Å². The van der Waals surface area contributed by atoms with Crippen molar-refractivity contribution in [2.45, 2.75) is 23.9 Å². The van der Waals surface area contributed by atoms with Gasteiger partial charge in [0.2, 0.25) is 5.91 Å². The summed E-state index contributed by atoms with van der Waals surface area (Å²) >= 11 is 2.71. The van der Waals surface area contributed by atoms with Crippen molar-refractivity contribution in [2.24, 2.45) is 0 Å². The largest absolute Gasteiger partial charge is 0.448 e. The van der Waals surface area contributed by atoms with E-state index >= 15 is 0 Å². The lowest BCUT2D eigenvalue weighted by atomic mass is 10.0. The molecule has 1 aromatic heterocycles. The van der Waals surface area contributed by atoms with Crippen LogP contribution in [0.3, 0.4) is 0 Å². The Morgan fingerprint density at radius 2 is 1.81 bits per heavy atom. The SMILES string of the molecule is C=CC1=C(C(=O)OC(c2ccccc2)c2ccccc2)N2C(=O)C(NC(=O)Cc3csc(N)n3)[C@@H]2SC1. The number of amides is 2. The zero-order valence-electron chi connectivity index (χ0n) is 19.7. The Morgan fingerprint density at radius 3 is 2.38 bits per heavy atom. The summed E-state index contributed by atoms with van der Waals surface area (Å²) < 4.78 is 6.04. The molecular formula is C27H24N4O4S2. The van der Waals surface area contributed by atoms with Gasteiger partial charge in [0.05, 0.1) is 12.1 Å². The molecule has 10 heteroatoms. The summed E-state index contributed by atoms with van der Waals surface area (Å²) in [4.78, 5) is 44.8. The average Bonchev–Trinajstić information content (AvgIpc) is 3.34. The van der Waals surface area contributed by atoms with Crippen LogP contribution in [0.15, 0.2) is 90.0 Å². The van der Waals surface area contributed by atoms with Crippen molar-refractivity contribution in [3.8, 4) is 0 Å². The quantitative estimate of drug-likeness (QED) is 0.337. The van der Waals surface area contributed by atoms with Gasteiger partial charge in [0, 0.05) is 11.1 Å². The first-order valence-corrected chi connectivity index (χ1v) is 13.5. The summed E-state index contributed by atoms with van der Waals surface area (Å²) in [6.07, 6.45) is 0.942. The molecule has 2 aliphatic heterocycles. The highest BCUT2D eigenvalue weighted by Crippen LogP contribution is 2.41. The number of β-lactam (4-membered cyclic amide) rings is 1. The maximum Gasteiger partial charge on any atom is 0.356 e. The Hall–Kier alpha value is -3.89. The van der Waals surface area contributed by atoms with Crippen molar-refractivity contribution in [1.29, 1.82) is 0 Å². The van der Waals surface area contributed by atoms with E-state index in [1.165, 1.54) is 28.0 Å². The van der Waals surface area contributed by atoms with E-state index in [0.717, 1.165) is 11.1 Å². The minimum Gasteiger partial charge on any atom is -0.448 e. The summed E-state index contributed by atoms with van der Waals surface area (Å²) in [5.41, 5.74) is 8.59. The number of thioether (sulfide) groups is 1. The number of anilines is 1. The van der Waals surface area contributed by atoms with E-state index in [4.69, 9.17) is 10.5 Å². The molecule has 0 bridgehead atoms. The fourth-order valence-electron chi connectivity index (χ4n) is 4.33. The van der Waals surface area contributed by atoms with Gasteiger partial charge in [-0.1, -0.05) is 73.3 Å². The van der Waals surface area contributed by atoms with E-state index in [0.29, 0.717) is 22.2 Å². The van der Waals surface area contributed by atoms with Crippen LogP contribution in [0.1, 0.15) is 22.9 Å². The molecule has 3 heterocycles. The van der Waals surface area contributed by atoms with Gasteiger partial charge < -0.3 is 15.8 Å². The molecule has 2 aromatic carbocycles. The normalized spacial score (nSPS) is 18.7. The fourth-order valence-corrected chi connectivity index (χ4v) is 6.23. The van der Waals surface area contributed by atoms with Crippen LogP contribution in [0, 0.1) is 0 Å². The highest BCUT2D eigenvalue weighted by Gasteiger charge is 2.54. The number of aromatic nitrogens is 1. The average molecular weight is 533 g/mol. The van der Waals surface area contributed by atoms with Gasteiger partial charge in [-0.25, -0.2) is 9.78 Å². The number of rotatable bonds is 8. The van der Waals surface area contributed by atoms with Crippen LogP contribution in [-0.4, -0.2) is 44.8 Å². The van der Waals surface area contributed by atoms with E-state index in [2.05, 4.69) is 16.9 Å². The number of carbonyl (C=O) groups excluding carboxylic acids is 3. The highest BCUT2D eigenvalue weighted by atomic mass is 32.2. The van der Waals surface area contributed by atoms with Crippen molar-refractivity contribution in [3.05, 3.63) is 107 Å². The number of hydrogen-bond donors (Lipinski definition) is 2. The lowest BCUT2D eigenvalue weighted by Gasteiger charge is -2.49. The van der Waals surface area contributed by atoms with E-state index in [1.807, 2.05) is 60.7 Å². The van der Waals surface area contributed by atoms with Crippen molar-refractivity contribution >= 4 is 46.0 Å². The van der Waals surface area contributed by atoms with Gasteiger partial charge in [-0.2, -0.15) is 0 Å². The van der Waals surface area contributed by atoms with Crippen molar-refractivity contribution in [2.75, 3.05) is 11.5 Å². The summed E-state index contributed by atoms with van der Waals surface area (Å²) in [6, 6.07) is 18.1. The maximum atomic E-state index is 13.6. The Kier molecular flexibility index (Phi) is 7.11. The van der Waals surface area contributed by atoms with Crippen LogP contribution in [-0.2, 0) is 25.5 Å². The number of hydrogen-bond acceptors (Lipinski definition) is 8. The van der Waals surface area contributed by atoms with E-state index < -0.39 is 23.5 Å². The molecule has 3 aromatic rings. The van der Waals surface area contributed by atoms with Crippen molar-refractivity contribution < 1.29 is 19.1 Å². The first kappa shape index (κ1) is 24.8. The molecule has 37 heavy (non-hydrogen) atoms. The molecule has 1 unspecified atom stereocenters. The molecule has 8 nitrogen and oxygen atoms in total. The lowest BCUT2D eigenvalue weighted by molar-refractivity contribution is -0.154. The summed E-state index contributed by atoms with van der Waals surface area (Å²) in [5.74, 6) is -0.863. The molecule has 0 saturated carbocycles. The van der Waals surface area contributed by atoms with E-state index in [9.17, 15) is 14.4 Å². The van der Waals surface area contributed by atoms with Crippen LogP contribution in [0.4, 0.5) is 5.13 Å². The predicted octanol–water partition coefficient (Wildman–Crippen LogP) is 3.44. The highest BCUT2D eigenvalue weighted by molar-refractivity contribution is 8.00. The number of nitrogens with zero attached hydrogens (tertiary/aromatic N) is 2. The zero-order chi connectivity index (χ0) is 25.9. The van der Waals surface area contributed by atoms with Crippen molar-refractivity contribution in [1.82, 2.24) is 15.2 Å². The molecule has 2 aliphatic rings. The number of ether oxygens (including phenoxy) is 1. The number of nitrogens with one attached hydrogen (secondary N) is 1. The molecule has 2 amide bonds. The number of fused-ring (bicyclic) bond motifs is 1. The number of nitrogen functional groups attached to an aromatic ring is 1. The monoisotopic (exact) mass is 532 g/mol. The third-order valence-corrected chi connectivity index (χ3v) is 8.12. The first-order valence-electron chi connectivity index (χ1n) is 11.6. The Labute approximate surface area is 222 Å². The van der Waals surface area contributed by atoms with Crippen LogP contribution in [0.25, 0.3) is 0 Å². The molecule has 0 spiro atoms. The molecule has 188 valence electrons. The minimum atomic E-state index is -0.748. The molecule has 5 rings (SSSR count). The number of carbonyl (C=O) groups is 3.